The van der Waals surface area contributed by atoms with Gasteiger partial charge in [0.05, 0.1) is 10.6 Å². The number of nitrogens with one attached hydrogen (secondary N) is 1. The lowest BCUT2D eigenvalue weighted by Gasteiger charge is -2.14. The second-order valence-corrected chi connectivity index (χ2v) is 4.41. The van der Waals surface area contributed by atoms with E-state index in [2.05, 4.69) is 17.3 Å². The Bertz CT molecular complexity index is 562. The standard InChI is InChI=1S/C13H16N4O2/c1-10(13-7-8-15-16(13)2)14-9-11-3-5-12(6-4-11)17(18)19/h3-8,10,14H,9H2,1-2H3. The molecule has 0 saturated heterocycles. The molecule has 2 rings (SSSR count). The van der Waals surface area contributed by atoms with Crippen LogP contribution in [-0.2, 0) is 13.6 Å². The molecule has 6 nitrogen and oxygen atoms in total. The van der Waals surface area contributed by atoms with E-state index in [-0.39, 0.29) is 11.7 Å². The first-order valence-corrected chi connectivity index (χ1v) is 6.02. The van der Waals surface area contributed by atoms with Crippen molar-refractivity contribution >= 4 is 5.69 Å². The average molecular weight is 260 g/mol. The minimum absolute atomic E-state index is 0.114. The highest BCUT2D eigenvalue weighted by molar-refractivity contribution is 5.32. The summed E-state index contributed by atoms with van der Waals surface area (Å²) in [6.45, 7) is 2.72. The molecule has 0 fully saturated rings. The normalized spacial score (nSPS) is 12.3. The van der Waals surface area contributed by atoms with Gasteiger partial charge < -0.3 is 5.32 Å². The zero-order valence-electron chi connectivity index (χ0n) is 10.9. The van der Waals surface area contributed by atoms with E-state index in [0.29, 0.717) is 6.54 Å². The molecule has 0 saturated carbocycles. The van der Waals surface area contributed by atoms with Crippen LogP contribution in [-0.4, -0.2) is 14.7 Å². The molecule has 0 aliphatic carbocycles. The number of aromatic nitrogens is 2. The molecule has 6 heteroatoms. The van der Waals surface area contributed by atoms with Crippen molar-refractivity contribution in [2.45, 2.75) is 19.5 Å². The molecular weight excluding hydrogens is 244 g/mol. The van der Waals surface area contributed by atoms with E-state index in [0.717, 1.165) is 11.3 Å². The van der Waals surface area contributed by atoms with Crippen LogP contribution in [0.15, 0.2) is 36.5 Å². The Balaban J connectivity index is 1.95. The van der Waals surface area contributed by atoms with Crippen LogP contribution in [0.1, 0.15) is 24.2 Å². The third-order valence-corrected chi connectivity index (χ3v) is 3.06. The van der Waals surface area contributed by atoms with Crippen LogP contribution in [0.2, 0.25) is 0 Å². The molecule has 0 spiro atoms. The summed E-state index contributed by atoms with van der Waals surface area (Å²) in [4.78, 5) is 10.2. The molecule has 1 atom stereocenters. The van der Waals surface area contributed by atoms with Crippen LogP contribution in [0.5, 0.6) is 0 Å². The SMILES string of the molecule is CC(NCc1ccc([N+](=O)[O-])cc1)c1ccnn1C. The lowest BCUT2D eigenvalue weighted by molar-refractivity contribution is -0.384. The Labute approximate surface area is 111 Å². The van der Waals surface area contributed by atoms with Gasteiger partial charge in [-0.2, -0.15) is 5.10 Å². The van der Waals surface area contributed by atoms with Gasteiger partial charge in [-0.3, -0.25) is 14.8 Å². The minimum atomic E-state index is -0.393. The molecule has 0 bridgehead atoms. The van der Waals surface area contributed by atoms with Crippen molar-refractivity contribution in [1.29, 1.82) is 0 Å². The van der Waals surface area contributed by atoms with Crippen molar-refractivity contribution in [2.75, 3.05) is 0 Å². The first-order valence-electron chi connectivity index (χ1n) is 6.02. The summed E-state index contributed by atoms with van der Waals surface area (Å²) in [7, 11) is 1.90. The number of aryl methyl sites for hydroxylation is 1. The number of hydrogen-bond acceptors (Lipinski definition) is 4. The predicted octanol–water partition coefficient (Wildman–Crippen LogP) is 2.18. The number of benzene rings is 1. The average Bonchev–Trinajstić information content (AvgIpc) is 2.83. The summed E-state index contributed by atoms with van der Waals surface area (Å²) >= 11 is 0. The molecule has 0 aliphatic rings. The third kappa shape index (κ3) is 3.17. The van der Waals surface area contributed by atoms with Gasteiger partial charge in [-0.05, 0) is 18.6 Å². The number of rotatable bonds is 5. The van der Waals surface area contributed by atoms with Crippen LogP contribution >= 0.6 is 0 Å². The highest BCUT2D eigenvalue weighted by Gasteiger charge is 2.09. The van der Waals surface area contributed by atoms with Gasteiger partial charge in [0.25, 0.3) is 5.69 Å². The fraction of sp³-hybridized carbons (Fsp3) is 0.308. The zero-order chi connectivity index (χ0) is 13.8. The van der Waals surface area contributed by atoms with E-state index in [1.165, 1.54) is 12.1 Å². The Morgan fingerprint density at radius 1 is 1.37 bits per heavy atom. The maximum atomic E-state index is 10.6. The van der Waals surface area contributed by atoms with Gasteiger partial charge in [0.1, 0.15) is 0 Å². The van der Waals surface area contributed by atoms with Crippen molar-refractivity contribution in [3.63, 3.8) is 0 Å². The highest BCUT2D eigenvalue weighted by Crippen LogP contribution is 2.14. The van der Waals surface area contributed by atoms with Gasteiger partial charge >= 0.3 is 0 Å². The summed E-state index contributed by atoms with van der Waals surface area (Å²) in [5.74, 6) is 0. The number of nitro benzene ring substituents is 1. The highest BCUT2D eigenvalue weighted by atomic mass is 16.6. The van der Waals surface area contributed by atoms with Gasteiger partial charge in [0, 0.05) is 38.0 Å². The van der Waals surface area contributed by atoms with Crippen molar-refractivity contribution < 1.29 is 4.92 Å². The Hall–Kier alpha value is -2.21. The summed E-state index contributed by atoms with van der Waals surface area (Å²) in [5.41, 5.74) is 2.23. The summed E-state index contributed by atoms with van der Waals surface area (Å²) in [5, 5.41) is 18.0. The van der Waals surface area contributed by atoms with E-state index in [9.17, 15) is 10.1 Å². The molecule has 0 aliphatic heterocycles. The molecule has 100 valence electrons. The molecule has 1 N–H and O–H groups in total. The van der Waals surface area contributed by atoms with Gasteiger partial charge in [0.2, 0.25) is 0 Å². The topological polar surface area (TPSA) is 73.0 Å². The molecule has 0 amide bonds. The fourth-order valence-electron chi connectivity index (χ4n) is 1.92. The second-order valence-electron chi connectivity index (χ2n) is 4.41. The largest absolute Gasteiger partial charge is 0.305 e. The molecular formula is C13H16N4O2. The first kappa shape index (κ1) is 13.2. The van der Waals surface area contributed by atoms with E-state index in [4.69, 9.17) is 0 Å². The Morgan fingerprint density at radius 3 is 2.58 bits per heavy atom. The van der Waals surface area contributed by atoms with Gasteiger partial charge in [-0.15, -0.1) is 0 Å². The number of hydrogen-bond donors (Lipinski definition) is 1. The molecule has 1 aromatic carbocycles. The van der Waals surface area contributed by atoms with Gasteiger partial charge in [0.15, 0.2) is 0 Å². The molecule has 1 unspecified atom stereocenters. The third-order valence-electron chi connectivity index (χ3n) is 3.06. The van der Waals surface area contributed by atoms with Gasteiger partial charge in [-0.1, -0.05) is 12.1 Å². The van der Waals surface area contributed by atoms with Crippen molar-refractivity contribution in [3.8, 4) is 0 Å². The van der Waals surface area contributed by atoms with Crippen LogP contribution in [0.3, 0.4) is 0 Å². The minimum Gasteiger partial charge on any atom is -0.305 e. The van der Waals surface area contributed by atoms with E-state index in [1.54, 1.807) is 18.3 Å². The number of nitrogens with zero attached hydrogens (tertiary/aromatic N) is 3. The molecule has 19 heavy (non-hydrogen) atoms. The number of nitro groups is 1. The number of non-ortho nitro benzene ring substituents is 1. The molecule has 1 heterocycles. The predicted molar refractivity (Wildman–Crippen MR) is 71.6 cm³/mol. The Kier molecular flexibility index (Phi) is 3.91. The first-order chi connectivity index (χ1) is 9.08. The molecule has 1 aromatic heterocycles. The monoisotopic (exact) mass is 260 g/mol. The van der Waals surface area contributed by atoms with Crippen molar-refractivity contribution in [2.24, 2.45) is 7.05 Å². The van der Waals surface area contributed by atoms with Crippen LogP contribution in [0.4, 0.5) is 5.69 Å². The van der Waals surface area contributed by atoms with Crippen LogP contribution in [0.25, 0.3) is 0 Å². The van der Waals surface area contributed by atoms with E-state index >= 15 is 0 Å². The van der Waals surface area contributed by atoms with E-state index in [1.807, 2.05) is 17.8 Å². The van der Waals surface area contributed by atoms with E-state index < -0.39 is 4.92 Å². The van der Waals surface area contributed by atoms with Crippen LogP contribution in [0, 0.1) is 10.1 Å². The maximum Gasteiger partial charge on any atom is 0.269 e. The maximum absolute atomic E-state index is 10.6. The second kappa shape index (κ2) is 5.62. The van der Waals surface area contributed by atoms with Gasteiger partial charge in [-0.25, -0.2) is 0 Å². The quantitative estimate of drug-likeness (QED) is 0.660. The summed E-state index contributed by atoms with van der Waals surface area (Å²) in [6.07, 6.45) is 1.76. The molecule has 2 aromatic rings. The summed E-state index contributed by atoms with van der Waals surface area (Å²) < 4.78 is 1.83. The van der Waals surface area contributed by atoms with Crippen molar-refractivity contribution in [1.82, 2.24) is 15.1 Å². The lowest BCUT2D eigenvalue weighted by Crippen LogP contribution is -2.20. The zero-order valence-corrected chi connectivity index (χ0v) is 10.9. The summed E-state index contributed by atoms with van der Waals surface area (Å²) in [6, 6.07) is 8.70. The molecule has 0 radical (unpaired) electrons. The Morgan fingerprint density at radius 2 is 2.05 bits per heavy atom. The van der Waals surface area contributed by atoms with Crippen LogP contribution < -0.4 is 5.32 Å². The smallest absolute Gasteiger partial charge is 0.269 e. The van der Waals surface area contributed by atoms with Crippen molar-refractivity contribution in [3.05, 3.63) is 57.9 Å². The lowest BCUT2D eigenvalue weighted by atomic mass is 10.2. The fourth-order valence-corrected chi connectivity index (χ4v) is 1.92.